The second-order valence-electron chi connectivity index (χ2n) is 6.45. The minimum atomic E-state index is -0.168. The number of aromatic nitrogens is 2. The van der Waals surface area contributed by atoms with Crippen LogP contribution in [0.2, 0.25) is 0 Å². The number of thioether (sulfide) groups is 1. The van der Waals surface area contributed by atoms with Crippen molar-refractivity contribution in [3.8, 4) is 17.2 Å². The van der Waals surface area contributed by atoms with Crippen molar-refractivity contribution in [2.75, 3.05) is 5.75 Å². The molecule has 0 saturated carbocycles. The fourth-order valence-electron chi connectivity index (χ4n) is 2.89. The van der Waals surface area contributed by atoms with E-state index in [2.05, 4.69) is 4.98 Å². The molecule has 0 saturated heterocycles. The molecule has 0 fully saturated rings. The number of benzene rings is 3. The van der Waals surface area contributed by atoms with Crippen molar-refractivity contribution in [1.29, 1.82) is 0 Å². The van der Waals surface area contributed by atoms with Crippen LogP contribution in [0, 0.1) is 0 Å². The van der Waals surface area contributed by atoms with Gasteiger partial charge >= 0.3 is 0 Å². The summed E-state index contributed by atoms with van der Waals surface area (Å²) in [6.07, 6.45) is 0. The maximum Gasteiger partial charge on any atom is 0.266 e. The Kier molecular flexibility index (Phi) is 5.44. The summed E-state index contributed by atoms with van der Waals surface area (Å²) in [5, 5.41) is 1.02. The number of hydrogen-bond acceptors (Lipinski definition) is 5. The predicted octanol–water partition coefficient (Wildman–Crippen LogP) is 4.86. The summed E-state index contributed by atoms with van der Waals surface area (Å²) in [5.41, 5.74) is 1.11. The van der Waals surface area contributed by atoms with Crippen molar-refractivity contribution in [3.05, 3.63) is 89.2 Å². The van der Waals surface area contributed by atoms with Gasteiger partial charge in [0.2, 0.25) is 0 Å². The molecule has 0 radical (unpaired) electrons. The lowest BCUT2D eigenvalue weighted by Crippen LogP contribution is -2.22. The molecule has 29 heavy (non-hydrogen) atoms. The topological polar surface area (TPSA) is 61.2 Å². The SMILES string of the molecule is CC(=O)CSc1nc2ccccc2c(=O)n1-c1ccc(Oc2ccccc2)cc1. The van der Waals surface area contributed by atoms with Crippen LogP contribution in [-0.2, 0) is 4.79 Å². The highest BCUT2D eigenvalue weighted by molar-refractivity contribution is 7.99. The second-order valence-corrected chi connectivity index (χ2v) is 7.39. The number of ether oxygens (including phenoxy) is 1. The molecule has 1 aromatic heterocycles. The number of ketones is 1. The summed E-state index contributed by atoms with van der Waals surface area (Å²) in [6, 6.07) is 24.0. The first-order chi connectivity index (χ1) is 14.1. The van der Waals surface area contributed by atoms with E-state index in [1.165, 1.54) is 18.7 Å². The molecule has 0 amide bonds. The number of nitrogens with zero attached hydrogens (tertiary/aromatic N) is 2. The molecule has 4 aromatic rings. The van der Waals surface area contributed by atoms with Crippen LogP contribution < -0.4 is 10.3 Å². The highest BCUT2D eigenvalue weighted by Gasteiger charge is 2.14. The van der Waals surface area contributed by atoms with Crippen molar-refractivity contribution in [2.24, 2.45) is 0 Å². The van der Waals surface area contributed by atoms with E-state index in [4.69, 9.17) is 4.74 Å². The van der Waals surface area contributed by atoms with Gasteiger partial charge in [-0.05, 0) is 55.5 Å². The Morgan fingerprint density at radius 1 is 0.931 bits per heavy atom. The average Bonchev–Trinajstić information content (AvgIpc) is 2.74. The van der Waals surface area contributed by atoms with E-state index in [1.807, 2.05) is 66.7 Å². The number of rotatable bonds is 6. The third-order valence-corrected chi connectivity index (χ3v) is 5.31. The molecule has 0 unspecified atom stereocenters. The first-order valence-electron chi connectivity index (χ1n) is 9.09. The lowest BCUT2D eigenvalue weighted by molar-refractivity contribution is -0.114. The summed E-state index contributed by atoms with van der Waals surface area (Å²) >= 11 is 1.26. The molecule has 0 N–H and O–H groups in total. The molecule has 5 nitrogen and oxygen atoms in total. The number of para-hydroxylation sites is 2. The molecule has 0 atom stereocenters. The Balaban J connectivity index is 1.75. The largest absolute Gasteiger partial charge is 0.457 e. The van der Waals surface area contributed by atoms with Crippen molar-refractivity contribution in [3.63, 3.8) is 0 Å². The van der Waals surface area contributed by atoms with Crippen LogP contribution in [0.5, 0.6) is 11.5 Å². The lowest BCUT2D eigenvalue weighted by Gasteiger charge is -2.13. The van der Waals surface area contributed by atoms with Crippen LogP contribution >= 0.6 is 11.8 Å². The van der Waals surface area contributed by atoms with Gasteiger partial charge in [0, 0.05) is 0 Å². The zero-order valence-electron chi connectivity index (χ0n) is 15.7. The highest BCUT2D eigenvalue weighted by Crippen LogP contribution is 2.25. The molecule has 0 aliphatic rings. The van der Waals surface area contributed by atoms with E-state index >= 15 is 0 Å². The van der Waals surface area contributed by atoms with E-state index in [-0.39, 0.29) is 17.1 Å². The summed E-state index contributed by atoms with van der Waals surface area (Å²) < 4.78 is 7.37. The standard InChI is InChI=1S/C23H18N2O3S/c1-16(26)15-29-23-24-21-10-6-5-9-20(21)22(27)25(23)17-11-13-19(14-12-17)28-18-7-3-2-4-8-18/h2-14H,15H2,1H3. The van der Waals surface area contributed by atoms with Gasteiger partial charge in [0.25, 0.3) is 5.56 Å². The monoisotopic (exact) mass is 402 g/mol. The van der Waals surface area contributed by atoms with Crippen LogP contribution in [0.1, 0.15) is 6.92 Å². The fourth-order valence-corrected chi connectivity index (χ4v) is 3.70. The lowest BCUT2D eigenvalue weighted by atomic mass is 10.2. The summed E-state index contributed by atoms with van der Waals surface area (Å²) in [6.45, 7) is 1.52. The molecule has 6 heteroatoms. The highest BCUT2D eigenvalue weighted by atomic mass is 32.2. The van der Waals surface area contributed by atoms with Gasteiger partial charge in [0.05, 0.1) is 22.3 Å². The van der Waals surface area contributed by atoms with Gasteiger partial charge in [0.15, 0.2) is 5.16 Å². The number of carbonyl (C=O) groups is 1. The number of hydrogen-bond donors (Lipinski definition) is 0. The van der Waals surface area contributed by atoms with Crippen LogP contribution in [0.4, 0.5) is 0 Å². The van der Waals surface area contributed by atoms with Crippen molar-refractivity contribution in [2.45, 2.75) is 12.1 Å². The molecule has 0 aliphatic carbocycles. The van der Waals surface area contributed by atoms with E-state index in [0.29, 0.717) is 27.5 Å². The Morgan fingerprint density at radius 3 is 2.31 bits per heavy atom. The fraction of sp³-hybridized carbons (Fsp3) is 0.0870. The second kappa shape index (κ2) is 8.32. The zero-order chi connectivity index (χ0) is 20.2. The molecular weight excluding hydrogens is 384 g/mol. The quantitative estimate of drug-likeness (QED) is 0.340. The third kappa shape index (κ3) is 4.22. The molecule has 0 aliphatic heterocycles. The Hall–Kier alpha value is -3.38. The van der Waals surface area contributed by atoms with Gasteiger partial charge < -0.3 is 4.74 Å². The maximum atomic E-state index is 13.2. The molecule has 4 rings (SSSR count). The van der Waals surface area contributed by atoms with Gasteiger partial charge in [-0.1, -0.05) is 42.1 Å². The third-order valence-electron chi connectivity index (χ3n) is 4.22. The Bertz CT molecular complexity index is 1220. The van der Waals surface area contributed by atoms with E-state index in [1.54, 1.807) is 16.7 Å². The van der Waals surface area contributed by atoms with Gasteiger partial charge in [0.1, 0.15) is 17.3 Å². The first-order valence-corrected chi connectivity index (χ1v) is 10.1. The van der Waals surface area contributed by atoms with Gasteiger partial charge in [-0.25, -0.2) is 4.98 Å². The van der Waals surface area contributed by atoms with E-state index in [0.717, 1.165) is 5.75 Å². The summed E-state index contributed by atoms with van der Waals surface area (Å²) in [7, 11) is 0. The Morgan fingerprint density at radius 2 is 1.59 bits per heavy atom. The van der Waals surface area contributed by atoms with Gasteiger partial charge in [-0.15, -0.1) is 0 Å². The van der Waals surface area contributed by atoms with Crippen molar-refractivity contribution in [1.82, 2.24) is 9.55 Å². The molecule has 0 bridgehead atoms. The summed E-state index contributed by atoms with van der Waals surface area (Å²) in [5.74, 6) is 1.68. The number of fused-ring (bicyclic) bond motifs is 1. The molecule has 1 heterocycles. The minimum Gasteiger partial charge on any atom is -0.457 e. The number of Topliss-reactive ketones (excluding diaryl/α,β-unsaturated/α-hetero) is 1. The zero-order valence-corrected chi connectivity index (χ0v) is 16.6. The maximum absolute atomic E-state index is 13.2. The average molecular weight is 402 g/mol. The Labute approximate surface area is 172 Å². The van der Waals surface area contributed by atoms with Crippen LogP contribution in [0.15, 0.2) is 88.8 Å². The van der Waals surface area contributed by atoms with Crippen molar-refractivity contribution < 1.29 is 9.53 Å². The van der Waals surface area contributed by atoms with Crippen LogP contribution in [0.3, 0.4) is 0 Å². The van der Waals surface area contributed by atoms with Crippen LogP contribution in [0.25, 0.3) is 16.6 Å². The molecular formula is C23H18N2O3S. The van der Waals surface area contributed by atoms with E-state index in [9.17, 15) is 9.59 Å². The van der Waals surface area contributed by atoms with Crippen molar-refractivity contribution >= 4 is 28.4 Å². The van der Waals surface area contributed by atoms with E-state index < -0.39 is 0 Å². The minimum absolute atomic E-state index is 0.0237. The normalized spacial score (nSPS) is 10.8. The summed E-state index contributed by atoms with van der Waals surface area (Å²) in [4.78, 5) is 29.3. The van der Waals surface area contributed by atoms with Gasteiger partial charge in [-0.3, -0.25) is 14.2 Å². The molecule has 3 aromatic carbocycles. The first kappa shape index (κ1) is 19.0. The smallest absolute Gasteiger partial charge is 0.266 e. The molecule has 0 spiro atoms. The number of carbonyl (C=O) groups excluding carboxylic acids is 1. The van der Waals surface area contributed by atoms with Gasteiger partial charge in [-0.2, -0.15) is 0 Å². The predicted molar refractivity (Wildman–Crippen MR) is 115 cm³/mol. The van der Waals surface area contributed by atoms with Crippen LogP contribution in [-0.4, -0.2) is 21.1 Å². The molecule has 144 valence electrons.